The summed E-state index contributed by atoms with van der Waals surface area (Å²) in [5.74, 6) is 0.770. The molecule has 1 N–H and O–H groups in total. The van der Waals surface area contributed by atoms with Gasteiger partial charge in [0.25, 0.3) is 0 Å². The number of nitriles is 1. The number of nitrogens with one attached hydrogen (secondary N) is 1. The van der Waals surface area contributed by atoms with Crippen LogP contribution >= 0.6 is 0 Å². The van der Waals surface area contributed by atoms with E-state index in [9.17, 15) is 0 Å². The molecule has 0 aromatic heterocycles. The van der Waals surface area contributed by atoms with Gasteiger partial charge in [-0.1, -0.05) is 19.9 Å². The van der Waals surface area contributed by atoms with Crippen LogP contribution in [0.5, 0.6) is 0 Å². The summed E-state index contributed by atoms with van der Waals surface area (Å²) in [6.07, 6.45) is 2.73. The summed E-state index contributed by atoms with van der Waals surface area (Å²) in [5, 5.41) is 12.4. The predicted molar refractivity (Wildman–Crippen MR) is 74.1 cm³/mol. The van der Waals surface area contributed by atoms with Crippen molar-refractivity contribution in [3.05, 3.63) is 34.9 Å². The first kappa shape index (κ1) is 13.1. The quantitative estimate of drug-likeness (QED) is 0.859. The van der Waals surface area contributed by atoms with E-state index in [4.69, 9.17) is 5.26 Å². The molecule has 2 nitrogen and oxygen atoms in total. The third-order valence-corrected chi connectivity index (χ3v) is 4.38. The van der Waals surface area contributed by atoms with Crippen molar-refractivity contribution in [2.45, 2.75) is 40.2 Å². The minimum absolute atomic E-state index is 0.556. The van der Waals surface area contributed by atoms with E-state index < -0.39 is 0 Å². The van der Waals surface area contributed by atoms with Crippen LogP contribution in [0.15, 0.2) is 18.2 Å². The summed E-state index contributed by atoms with van der Waals surface area (Å²) < 4.78 is 0. The average Bonchev–Trinajstić information content (AvgIpc) is 3.12. The van der Waals surface area contributed by atoms with E-state index in [-0.39, 0.29) is 0 Å². The van der Waals surface area contributed by atoms with Crippen LogP contribution in [0.1, 0.15) is 43.4 Å². The summed E-state index contributed by atoms with van der Waals surface area (Å²) in [6, 6.07) is 8.11. The topological polar surface area (TPSA) is 35.8 Å². The molecule has 1 fully saturated rings. The zero-order valence-corrected chi connectivity index (χ0v) is 11.6. The van der Waals surface area contributed by atoms with Gasteiger partial charge in [0, 0.05) is 13.1 Å². The zero-order chi connectivity index (χ0) is 13.2. The highest BCUT2D eigenvalue weighted by Gasteiger charge is 2.44. The monoisotopic (exact) mass is 242 g/mol. The van der Waals surface area contributed by atoms with Crippen LogP contribution in [0.25, 0.3) is 0 Å². The van der Waals surface area contributed by atoms with Gasteiger partial charge >= 0.3 is 0 Å². The van der Waals surface area contributed by atoms with Crippen molar-refractivity contribution in [2.24, 2.45) is 11.3 Å². The lowest BCUT2D eigenvalue weighted by atomic mass is 9.92. The van der Waals surface area contributed by atoms with E-state index in [2.05, 4.69) is 38.2 Å². The number of nitrogens with zero attached hydrogens (tertiary/aromatic N) is 1. The highest BCUT2D eigenvalue weighted by molar-refractivity contribution is 5.37. The molecule has 96 valence electrons. The first-order chi connectivity index (χ1) is 8.57. The molecule has 0 radical (unpaired) electrons. The molecule has 1 aromatic carbocycles. The Labute approximate surface area is 110 Å². The van der Waals surface area contributed by atoms with Gasteiger partial charge in [0.1, 0.15) is 0 Å². The van der Waals surface area contributed by atoms with Gasteiger partial charge in [-0.05, 0) is 54.4 Å². The van der Waals surface area contributed by atoms with E-state index in [0.29, 0.717) is 5.41 Å². The van der Waals surface area contributed by atoms with Crippen LogP contribution in [0.3, 0.4) is 0 Å². The standard InChI is InChI=1S/C16H22N2/c1-12(2)16(6-7-16)11-18-10-15-5-4-14(9-17)8-13(15)3/h4-5,8,12,18H,6-7,10-11H2,1-3H3. The maximum Gasteiger partial charge on any atom is 0.0991 e. The lowest BCUT2D eigenvalue weighted by Crippen LogP contribution is -2.27. The van der Waals surface area contributed by atoms with Gasteiger partial charge in [0.2, 0.25) is 0 Å². The van der Waals surface area contributed by atoms with E-state index in [0.717, 1.165) is 24.6 Å². The Kier molecular flexibility index (Phi) is 3.73. The number of hydrogen-bond donors (Lipinski definition) is 1. The van der Waals surface area contributed by atoms with Crippen molar-refractivity contribution in [3.63, 3.8) is 0 Å². The fourth-order valence-electron chi connectivity index (χ4n) is 2.53. The molecule has 0 spiro atoms. The molecule has 0 aliphatic heterocycles. The Morgan fingerprint density at radius 3 is 2.61 bits per heavy atom. The molecule has 1 aliphatic carbocycles. The average molecular weight is 242 g/mol. The van der Waals surface area contributed by atoms with Gasteiger partial charge in [-0.2, -0.15) is 5.26 Å². The number of benzene rings is 1. The third kappa shape index (κ3) is 2.73. The number of hydrogen-bond acceptors (Lipinski definition) is 2. The summed E-state index contributed by atoms with van der Waals surface area (Å²) in [5.41, 5.74) is 3.81. The molecule has 0 unspecified atom stereocenters. The Morgan fingerprint density at radius 1 is 1.39 bits per heavy atom. The van der Waals surface area contributed by atoms with Crippen molar-refractivity contribution < 1.29 is 0 Å². The Balaban J connectivity index is 1.90. The lowest BCUT2D eigenvalue weighted by Gasteiger charge is -2.20. The molecule has 1 aliphatic rings. The van der Waals surface area contributed by atoms with Gasteiger partial charge in [0.05, 0.1) is 11.6 Å². The van der Waals surface area contributed by atoms with Crippen LogP contribution in [0.2, 0.25) is 0 Å². The molecule has 0 bridgehead atoms. The van der Waals surface area contributed by atoms with Crippen LogP contribution in [0.4, 0.5) is 0 Å². The molecule has 1 aromatic rings. The van der Waals surface area contributed by atoms with Gasteiger partial charge < -0.3 is 5.32 Å². The minimum Gasteiger partial charge on any atom is -0.312 e. The molecular weight excluding hydrogens is 220 g/mol. The van der Waals surface area contributed by atoms with Crippen molar-refractivity contribution >= 4 is 0 Å². The van der Waals surface area contributed by atoms with Crippen molar-refractivity contribution in [3.8, 4) is 6.07 Å². The second kappa shape index (κ2) is 5.12. The molecule has 0 heterocycles. The molecule has 2 heteroatoms. The highest BCUT2D eigenvalue weighted by Crippen LogP contribution is 2.51. The molecule has 1 saturated carbocycles. The summed E-state index contributed by atoms with van der Waals surface area (Å²) in [7, 11) is 0. The summed E-state index contributed by atoms with van der Waals surface area (Å²) in [6.45, 7) is 8.74. The van der Waals surface area contributed by atoms with Crippen LogP contribution in [0, 0.1) is 29.6 Å². The largest absolute Gasteiger partial charge is 0.312 e. The molecule has 0 atom stereocenters. The first-order valence-corrected chi connectivity index (χ1v) is 6.78. The Bertz CT molecular complexity index is 464. The second-order valence-electron chi connectivity index (χ2n) is 5.87. The van der Waals surface area contributed by atoms with Crippen molar-refractivity contribution in [1.29, 1.82) is 5.26 Å². The smallest absolute Gasteiger partial charge is 0.0991 e. The van der Waals surface area contributed by atoms with E-state index in [1.165, 1.54) is 24.0 Å². The minimum atomic E-state index is 0.556. The van der Waals surface area contributed by atoms with Crippen molar-refractivity contribution in [1.82, 2.24) is 5.32 Å². The number of rotatable bonds is 5. The van der Waals surface area contributed by atoms with Gasteiger partial charge in [-0.25, -0.2) is 0 Å². The summed E-state index contributed by atoms with van der Waals surface area (Å²) >= 11 is 0. The van der Waals surface area contributed by atoms with E-state index >= 15 is 0 Å². The third-order valence-electron chi connectivity index (χ3n) is 4.38. The van der Waals surface area contributed by atoms with Gasteiger partial charge in [-0.15, -0.1) is 0 Å². The van der Waals surface area contributed by atoms with E-state index in [1.54, 1.807) is 0 Å². The maximum absolute atomic E-state index is 8.84. The second-order valence-corrected chi connectivity index (χ2v) is 5.87. The predicted octanol–water partition coefficient (Wildman–Crippen LogP) is 3.39. The normalized spacial score (nSPS) is 16.6. The lowest BCUT2D eigenvalue weighted by molar-refractivity contribution is 0.337. The molecular formula is C16H22N2. The van der Waals surface area contributed by atoms with Crippen LogP contribution in [-0.4, -0.2) is 6.54 Å². The number of aryl methyl sites for hydroxylation is 1. The Hall–Kier alpha value is -1.33. The molecule has 0 amide bonds. The van der Waals surface area contributed by atoms with E-state index in [1.807, 2.05) is 12.1 Å². The Morgan fingerprint density at radius 2 is 2.11 bits per heavy atom. The van der Waals surface area contributed by atoms with Crippen LogP contribution in [-0.2, 0) is 6.54 Å². The fraction of sp³-hybridized carbons (Fsp3) is 0.562. The van der Waals surface area contributed by atoms with Gasteiger partial charge in [-0.3, -0.25) is 0 Å². The zero-order valence-electron chi connectivity index (χ0n) is 11.6. The van der Waals surface area contributed by atoms with Gasteiger partial charge in [0.15, 0.2) is 0 Å². The molecule has 0 saturated heterocycles. The fourth-order valence-corrected chi connectivity index (χ4v) is 2.53. The molecule has 2 rings (SSSR count). The van der Waals surface area contributed by atoms with Crippen molar-refractivity contribution in [2.75, 3.05) is 6.54 Å². The highest BCUT2D eigenvalue weighted by atomic mass is 14.9. The maximum atomic E-state index is 8.84. The van der Waals surface area contributed by atoms with Crippen LogP contribution < -0.4 is 5.32 Å². The molecule has 18 heavy (non-hydrogen) atoms. The summed E-state index contributed by atoms with van der Waals surface area (Å²) in [4.78, 5) is 0. The SMILES string of the molecule is Cc1cc(C#N)ccc1CNCC1(C(C)C)CC1. The first-order valence-electron chi connectivity index (χ1n) is 6.78.